The van der Waals surface area contributed by atoms with E-state index in [0.29, 0.717) is 0 Å². The SMILES string of the molecule is O=C(O)/C=C/CN1CCCNCC1. The van der Waals surface area contributed by atoms with E-state index >= 15 is 0 Å². The summed E-state index contributed by atoms with van der Waals surface area (Å²) < 4.78 is 0. The molecule has 1 fully saturated rings. The first-order valence-electron chi connectivity index (χ1n) is 4.61. The van der Waals surface area contributed by atoms with Crippen LogP contribution in [0.5, 0.6) is 0 Å². The van der Waals surface area contributed by atoms with Crippen LogP contribution in [0.15, 0.2) is 12.2 Å². The van der Waals surface area contributed by atoms with Crippen molar-refractivity contribution in [1.82, 2.24) is 10.2 Å². The largest absolute Gasteiger partial charge is 0.478 e. The van der Waals surface area contributed by atoms with Crippen molar-refractivity contribution in [2.24, 2.45) is 0 Å². The molecule has 0 radical (unpaired) electrons. The first kappa shape index (κ1) is 10.2. The van der Waals surface area contributed by atoms with E-state index in [1.165, 1.54) is 6.08 Å². The van der Waals surface area contributed by atoms with Crippen LogP contribution < -0.4 is 5.32 Å². The summed E-state index contributed by atoms with van der Waals surface area (Å²) in [6, 6.07) is 0. The second-order valence-corrected chi connectivity index (χ2v) is 3.14. The summed E-state index contributed by atoms with van der Waals surface area (Å²) in [6.45, 7) is 4.87. The normalized spacial score (nSPS) is 20.3. The number of hydrogen-bond donors (Lipinski definition) is 2. The Morgan fingerprint density at radius 3 is 3.08 bits per heavy atom. The Morgan fingerprint density at radius 2 is 2.31 bits per heavy atom. The van der Waals surface area contributed by atoms with Crippen molar-refractivity contribution in [2.75, 3.05) is 32.7 Å². The molecule has 2 N–H and O–H groups in total. The Balaban J connectivity index is 2.22. The average Bonchev–Trinajstić information content (AvgIpc) is 2.32. The van der Waals surface area contributed by atoms with Gasteiger partial charge in [-0.2, -0.15) is 0 Å². The summed E-state index contributed by atoms with van der Waals surface area (Å²) in [7, 11) is 0. The van der Waals surface area contributed by atoms with Gasteiger partial charge in [0.15, 0.2) is 0 Å². The van der Waals surface area contributed by atoms with Crippen LogP contribution in [0.2, 0.25) is 0 Å². The molecule has 0 atom stereocenters. The Bertz CT molecular complexity index is 184. The van der Waals surface area contributed by atoms with Gasteiger partial charge in [0.1, 0.15) is 0 Å². The molecule has 1 aliphatic rings. The fourth-order valence-corrected chi connectivity index (χ4v) is 1.39. The van der Waals surface area contributed by atoms with E-state index in [2.05, 4.69) is 10.2 Å². The van der Waals surface area contributed by atoms with E-state index in [1.807, 2.05) is 0 Å². The van der Waals surface area contributed by atoms with Crippen LogP contribution >= 0.6 is 0 Å². The second kappa shape index (κ2) is 5.72. The zero-order valence-electron chi connectivity index (χ0n) is 7.70. The molecule has 0 aliphatic carbocycles. The summed E-state index contributed by atoms with van der Waals surface area (Å²) in [5.74, 6) is -0.868. The van der Waals surface area contributed by atoms with Gasteiger partial charge in [0.05, 0.1) is 0 Å². The summed E-state index contributed by atoms with van der Waals surface area (Å²) >= 11 is 0. The van der Waals surface area contributed by atoms with Crippen LogP contribution in [-0.2, 0) is 4.79 Å². The molecule has 0 spiro atoms. The van der Waals surface area contributed by atoms with Crippen molar-refractivity contribution in [3.63, 3.8) is 0 Å². The lowest BCUT2D eigenvalue weighted by atomic mass is 10.4. The summed E-state index contributed by atoms with van der Waals surface area (Å²) in [5.41, 5.74) is 0. The molecule has 0 unspecified atom stereocenters. The molecule has 0 aromatic rings. The molecule has 0 bridgehead atoms. The number of nitrogens with one attached hydrogen (secondary N) is 1. The fourth-order valence-electron chi connectivity index (χ4n) is 1.39. The molecular formula is C9H16N2O2. The van der Waals surface area contributed by atoms with E-state index in [-0.39, 0.29) is 0 Å². The van der Waals surface area contributed by atoms with Crippen LogP contribution in [0.1, 0.15) is 6.42 Å². The van der Waals surface area contributed by atoms with Gasteiger partial charge >= 0.3 is 5.97 Å². The van der Waals surface area contributed by atoms with E-state index in [0.717, 1.165) is 39.1 Å². The molecule has 1 saturated heterocycles. The second-order valence-electron chi connectivity index (χ2n) is 3.14. The Morgan fingerprint density at radius 1 is 1.46 bits per heavy atom. The molecule has 0 aromatic heterocycles. The average molecular weight is 184 g/mol. The van der Waals surface area contributed by atoms with Gasteiger partial charge in [-0.3, -0.25) is 4.90 Å². The van der Waals surface area contributed by atoms with E-state index < -0.39 is 5.97 Å². The summed E-state index contributed by atoms with van der Waals surface area (Å²) in [5, 5.41) is 11.7. The zero-order valence-corrected chi connectivity index (χ0v) is 7.70. The van der Waals surface area contributed by atoms with Gasteiger partial charge in [-0.1, -0.05) is 6.08 Å². The molecule has 4 nitrogen and oxygen atoms in total. The van der Waals surface area contributed by atoms with Crippen molar-refractivity contribution in [3.8, 4) is 0 Å². The van der Waals surface area contributed by atoms with Crippen LogP contribution in [-0.4, -0.2) is 48.7 Å². The smallest absolute Gasteiger partial charge is 0.328 e. The molecule has 13 heavy (non-hydrogen) atoms. The zero-order chi connectivity index (χ0) is 9.52. The number of aliphatic carboxylic acids is 1. The maximum Gasteiger partial charge on any atom is 0.328 e. The van der Waals surface area contributed by atoms with Gasteiger partial charge in [0.2, 0.25) is 0 Å². The molecule has 1 heterocycles. The molecule has 0 amide bonds. The Labute approximate surface area is 78.2 Å². The Hall–Kier alpha value is -0.870. The van der Waals surface area contributed by atoms with Gasteiger partial charge in [0.25, 0.3) is 0 Å². The van der Waals surface area contributed by atoms with E-state index in [9.17, 15) is 4.79 Å². The number of nitrogens with zero attached hydrogens (tertiary/aromatic N) is 1. The fraction of sp³-hybridized carbons (Fsp3) is 0.667. The third-order valence-electron chi connectivity index (χ3n) is 2.06. The highest BCUT2D eigenvalue weighted by Gasteiger charge is 2.05. The van der Waals surface area contributed by atoms with Crippen molar-refractivity contribution >= 4 is 5.97 Å². The van der Waals surface area contributed by atoms with Gasteiger partial charge in [0, 0.05) is 25.7 Å². The monoisotopic (exact) mass is 184 g/mol. The molecular weight excluding hydrogens is 168 g/mol. The predicted octanol–water partition coefficient (Wildman–Crippen LogP) is -0.0775. The lowest BCUT2D eigenvalue weighted by Gasteiger charge is -2.16. The molecule has 0 aromatic carbocycles. The molecule has 74 valence electrons. The minimum Gasteiger partial charge on any atom is -0.478 e. The van der Waals surface area contributed by atoms with Gasteiger partial charge in [-0.05, 0) is 19.5 Å². The molecule has 1 rings (SSSR count). The maximum absolute atomic E-state index is 10.2. The summed E-state index contributed by atoms with van der Waals surface area (Å²) in [4.78, 5) is 12.4. The topological polar surface area (TPSA) is 52.6 Å². The van der Waals surface area contributed by atoms with Crippen molar-refractivity contribution < 1.29 is 9.90 Å². The molecule has 1 aliphatic heterocycles. The van der Waals surface area contributed by atoms with E-state index in [4.69, 9.17) is 5.11 Å². The van der Waals surface area contributed by atoms with Crippen LogP contribution in [0, 0.1) is 0 Å². The van der Waals surface area contributed by atoms with Gasteiger partial charge < -0.3 is 10.4 Å². The minimum atomic E-state index is -0.868. The molecule has 4 heteroatoms. The quantitative estimate of drug-likeness (QED) is 0.602. The van der Waals surface area contributed by atoms with Crippen molar-refractivity contribution in [2.45, 2.75) is 6.42 Å². The third kappa shape index (κ3) is 4.65. The lowest BCUT2D eigenvalue weighted by Crippen LogP contribution is -2.28. The standard InChI is InChI=1S/C9H16N2O2/c12-9(13)3-1-6-11-7-2-4-10-5-8-11/h1,3,10H,2,4-8H2,(H,12,13)/b3-1+. The van der Waals surface area contributed by atoms with Crippen molar-refractivity contribution in [3.05, 3.63) is 12.2 Å². The highest BCUT2D eigenvalue weighted by Crippen LogP contribution is 1.94. The third-order valence-corrected chi connectivity index (χ3v) is 2.06. The number of hydrogen-bond acceptors (Lipinski definition) is 3. The van der Waals surface area contributed by atoms with Crippen LogP contribution in [0.3, 0.4) is 0 Å². The van der Waals surface area contributed by atoms with Gasteiger partial charge in [-0.25, -0.2) is 4.79 Å². The number of rotatable bonds is 3. The molecule has 0 saturated carbocycles. The van der Waals surface area contributed by atoms with E-state index in [1.54, 1.807) is 6.08 Å². The highest BCUT2D eigenvalue weighted by molar-refractivity contribution is 5.79. The number of carbonyl (C=O) groups is 1. The number of carboxylic acid groups (broad SMARTS) is 1. The number of carboxylic acids is 1. The van der Waals surface area contributed by atoms with Gasteiger partial charge in [-0.15, -0.1) is 0 Å². The minimum absolute atomic E-state index is 0.744. The summed E-state index contributed by atoms with van der Waals surface area (Å²) in [6.07, 6.45) is 4.05. The lowest BCUT2D eigenvalue weighted by molar-refractivity contribution is -0.131. The first-order valence-corrected chi connectivity index (χ1v) is 4.61. The maximum atomic E-state index is 10.2. The Kier molecular flexibility index (Phi) is 4.49. The van der Waals surface area contributed by atoms with Crippen LogP contribution in [0.25, 0.3) is 0 Å². The predicted molar refractivity (Wildman–Crippen MR) is 50.7 cm³/mol. The van der Waals surface area contributed by atoms with Crippen molar-refractivity contribution in [1.29, 1.82) is 0 Å². The van der Waals surface area contributed by atoms with Crippen LogP contribution in [0.4, 0.5) is 0 Å². The first-order chi connectivity index (χ1) is 6.29. The highest BCUT2D eigenvalue weighted by atomic mass is 16.4.